The highest BCUT2D eigenvalue weighted by atomic mass is 16.5. The van der Waals surface area contributed by atoms with Gasteiger partial charge in [-0.05, 0) is 54.3 Å². The smallest absolute Gasteiger partial charge is 0.311 e. The molecule has 0 heterocycles. The van der Waals surface area contributed by atoms with E-state index in [1.165, 1.54) is 13.5 Å². The average molecular weight is 341 g/mol. The summed E-state index contributed by atoms with van der Waals surface area (Å²) in [6.45, 7) is 27.4. The molecule has 3 atom stereocenters. The Hall–Kier alpha value is -0.530. The molecule has 0 aromatic heterocycles. The molecule has 0 aromatic rings. The molecule has 0 spiro atoms. The molecule has 0 bridgehead atoms. The van der Waals surface area contributed by atoms with Crippen molar-refractivity contribution in [3.8, 4) is 0 Å². The molecule has 2 nitrogen and oxygen atoms in total. The molecule has 0 radical (unpaired) electrons. The lowest BCUT2D eigenvalue weighted by atomic mass is 9.54. The minimum atomic E-state index is -0.486. The number of carbonyl (C=O) groups is 1. The summed E-state index contributed by atoms with van der Waals surface area (Å²) < 4.78 is 5.07. The van der Waals surface area contributed by atoms with Crippen LogP contribution in [0, 0.1) is 39.4 Å². The van der Waals surface area contributed by atoms with E-state index in [0.717, 1.165) is 0 Å². The summed E-state index contributed by atoms with van der Waals surface area (Å²) in [4.78, 5) is 12.3. The van der Waals surface area contributed by atoms with Crippen LogP contribution in [0.2, 0.25) is 0 Å². The van der Waals surface area contributed by atoms with Gasteiger partial charge in [-0.2, -0.15) is 0 Å². The third-order valence-corrected chi connectivity index (χ3v) is 7.05. The highest BCUT2D eigenvalue weighted by Gasteiger charge is 2.48. The van der Waals surface area contributed by atoms with Crippen LogP contribution in [0.15, 0.2) is 0 Å². The van der Waals surface area contributed by atoms with Crippen LogP contribution in [0.1, 0.15) is 89.5 Å². The zero-order chi connectivity index (χ0) is 19.7. The fourth-order valence-corrected chi connectivity index (χ4v) is 4.61. The van der Waals surface area contributed by atoms with E-state index in [1.807, 2.05) is 13.8 Å². The number of methoxy groups -OCH3 is 1. The Morgan fingerprint density at radius 3 is 1.58 bits per heavy atom. The molecule has 0 N–H and O–H groups in total. The third-order valence-electron chi connectivity index (χ3n) is 7.05. The van der Waals surface area contributed by atoms with Gasteiger partial charge in [0.2, 0.25) is 0 Å². The van der Waals surface area contributed by atoms with Crippen LogP contribution < -0.4 is 0 Å². The molecule has 0 aliphatic rings. The van der Waals surface area contributed by atoms with Crippen molar-refractivity contribution in [3.63, 3.8) is 0 Å². The van der Waals surface area contributed by atoms with Gasteiger partial charge in [0, 0.05) is 0 Å². The molecule has 0 saturated heterocycles. The van der Waals surface area contributed by atoms with Crippen molar-refractivity contribution >= 4 is 5.97 Å². The van der Waals surface area contributed by atoms with Crippen LogP contribution >= 0.6 is 0 Å². The maximum absolute atomic E-state index is 12.3. The Morgan fingerprint density at radius 1 is 0.833 bits per heavy atom. The first-order chi connectivity index (χ1) is 10.4. The maximum atomic E-state index is 12.3. The van der Waals surface area contributed by atoms with E-state index in [4.69, 9.17) is 4.74 Å². The molecule has 0 saturated carbocycles. The number of rotatable bonds is 7. The van der Waals surface area contributed by atoms with Crippen LogP contribution in [0.4, 0.5) is 0 Å². The van der Waals surface area contributed by atoms with Crippen LogP contribution in [0.5, 0.6) is 0 Å². The molecular formula is C22H44O2. The molecule has 2 heteroatoms. The van der Waals surface area contributed by atoms with E-state index in [9.17, 15) is 4.79 Å². The molecule has 0 rings (SSSR count). The Kier molecular flexibility index (Phi) is 7.21. The zero-order valence-electron chi connectivity index (χ0n) is 18.8. The van der Waals surface area contributed by atoms with Gasteiger partial charge < -0.3 is 4.74 Å². The summed E-state index contributed by atoms with van der Waals surface area (Å²) in [5.41, 5.74) is 0.120. The Morgan fingerprint density at radius 2 is 1.25 bits per heavy atom. The number of hydrogen-bond donors (Lipinski definition) is 0. The quantitative estimate of drug-likeness (QED) is 0.489. The van der Waals surface area contributed by atoms with Gasteiger partial charge in [0.15, 0.2) is 0 Å². The third kappa shape index (κ3) is 5.23. The Balaban J connectivity index is 5.52. The number of carbonyl (C=O) groups excluding carboxylic acids is 1. The minimum Gasteiger partial charge on any atom is -0.469 e. The van der Waals surface area contributed by atoms with Gasteiger partial charge in [0.05, 0.1) is 12.5 Å². The predicted molar refractivity (Wildman–Crippen MR) is 105 cm³/mol. The zero-order valence-corrected chi connectivity index (χ0v) is 18.8. The van der Waals surface area contributed by atoms with Gasteiger partial charge in [-0.25, -0.2) is 0 Å². The molecule has 0 aromatic carbocycles. The first-order valence-corrected chi connectivity index (χ1v) is 9.49. The fourth-order valence-electron chi connectivity index (χ4n) is 4.61. The van der Waals surface area contributed by atoms with Crippen molar-refractivity contribution in [1.29, 1.82) is 0 Å². The molecular weight excluding hydrogens is 296 g/mol. The van der Waals surface area contributed by atoms with E-state index < -0.39 is 5.41 Å². The van der Waals surface area contributed by atoms with Gasteiger partial charge in [-0.3, -0.25) is 4.79 Å². The summed E-state index contributed by atoms with van der Waals surface area (Å²) in [7, 11) is 1.49. The van der Waals surface area contributed by atoms with E-state index in [-0.39, 0.29) is 22.7 Å². The fraction of sp³-hybridized carbons (Fsp3) is 0.955. The van der Waals surface area contributed by atoms with E-state index in [2.05, 4.69) is 69.2 Å². The molecule has 24 heavy (non-hydrogen) atoms. The highest BCUT2D eigenvalue weighted by molar-refractivity contribution is 5.76. The SMILES string of the molecule is COC(=O)C(C)(C)C(C)C(C)(C)C(C)C(C)C(C)(C)CC(C)(C)C. The van der Waals surface area contributed by atoms with Crippen molar-refractivity contribution in [2.45, 2.75) is 89.5 Å². The van der Waals surface area contributed by atoms with Crippen LogP contribution in [-0.2, 0) is 9.53 Å². The summed E-state index contributed by atoms with van der Waals surface area (Å²) in [5.74, 6) is 1.16. The molecule has 3 unspecified atom stereocenters. The van der Waals surface area contributed by atoms with Crippen molar-refractivity contribution in [2.24, 2.45) is 39.4 Å². The van der Waals surface area contributed by atoms with E-state index in [1.54, 1.807) is 0 Å². The van der Waals surface area contributed by atoms with Crippen molar-refractivity contribution in [3.05, 3.63) is 0 Å². The van der Waals surface area contributed by atoms with Crippen LogP contribution in [-0.4, -0.2) is 13.1 Å². The minimum absolute atomic E-state index is 0.0340. The topological polar surface area (TPSA) is 26.3 Å². The van der Waals surface area contributed by atoms with Crippen molar-refractivity contribution < 1.29 is 9.53 Å². The van der Waals surface area contributed by atoms with Crippen molar-refractivity contribution in [2.75, 3.05) is 7.11 Å². The van der Waals surface area contributed by atoms with Gasteiger partial charge in [0.1, 0.15) is 0 Å². The molecule has 0 aliphatic heterocycles. The Labute approximate surface area is 152 Å². The molecule has 0 fully saturated rings. The van der Waals surface area contributed by atoms with Gasteiger partial charge >= 0.3 is 5.97 Å². The molecule has 0 aliphatic carbocycles. The monoisotopic (exact) mass is 340 g/mol. The summed E-state index contributed by atoms with van der Waals surface area (Å²) >= 11 is 0. The van der Waals surface area contributed by atoms with Crippen molar-refractivity contribution in [1.82, 2.24) is 0 Å². The van der Waals surface area contributed by atoms with Crippen LogP contribution in [0.25, 0.3) is 0 Å². The maximum Gasteiger partial charge on any atom is 0.311 e. The summed E-state index contributed by atoms with van der Waals surface area (Å²) in [6.07, 6.45) is 1.19. The first kappa shape index (κ1) is 23.5. The second-order valence-corrected chi connectivity index (χ2v) is 11.1. The standard InChI is InChI=1S/C22H44O2/c1-15(20(7,8)14-19(4,5)6)16(2)21(9,10)17(3)22(11,12)18(23)24-13/h15-17H,14H2,1-13H3. The molecule has 0 amide bonds. The largest absolute Gasteiger partial charge is 0.469 e. The number of esters is 1. The normalized spacial score (nSPS) is 18.0. The first-order valence-electron chi connectivity index (χ1n) is 9.49. The summed E-state index contributed by atoms with van der Waals surface area (Å²) in [6, 6.07) is 0. The average Bonchev–Trinajstić information content (AvgIpc) is 2.40. The molecule has 144 valence electrons. The second-order valence-electron chi connectivity index (χ2n) is 11.1. The predicted octanol–water partition coefficient (Wildman–Crippen LogP) is 6.58. The van der Waals surface area contributed by atoms with Gasteiger partial charge in [0.25, 0.3) is 0 Å². The van der Waals surface area contributed by atoms with Gasteiger partial charge in [-0.15, -0.1) is 0 Å². The van der Waals surface area contributed by atoms with Crippen LogP contribution in [0.3, 0.4) is 0 Å². The Bertz CT molecular complexity index is 424. The van der Waals surface area contributed by atoms with E-state index in [0.29, 0.717) is 17.3 Å². The number of hydrogen-bond acceptors (Lipinski definition) is 2. The summed E-state index contributed by atoms with van der Waals surface area (Å²) in [5, 5.41) is 0. The lowest BCUT2D eigenvalue weighted by Crippen LogP contribution is -2.47. The number of ether oxygens (including phenoxy) is 1. The lowest BCUT2D eigenvalue weighted by Gasteiger charge is -2.50. The highest BCUT2D eigenvalue weighted by Crippen LogP contribution is 2.52. The van der Waals surface area contributed by atoms with Gasteiger partial charge in [-0.1, -0.05) is 69.2 Å². The second kappa shape index (κ2) is 7.38. The lowest BCUT2D eigenvalue weighted by molar-refractivity contribution is -0.158. The van der Waals surface area contributed by atoms with E-state index >= 15 is 0 Å².